The highest BCUT2D eigenvalue weighted by atomic mass is 19.1. The third kappa shape index (κ3) is 4.42. The van der Waals surface area contributed by atoms with Crippen LogP contribution in [0.4, 0.5) is 4.39 Å². The minimum absolute atomic E-state index is 0.0371. The highest BCUT2D eigenvalue weighted by Gasteiger charge is 2.16. The molecule has 0 aliphatic carbocycles. The van der Waals surface area contributed by atoms with Gasteiger partial charge in [-0.1, -0.05) is 11.2 Å². The van der Waals surface area contributed by atoms with Crippen LogP contribution in [0.5, 0.6) is 0 Å². The van der Waals surface area contributed by atoms with Crippen molar-refractivity contribution in [1.29, 1.82) is 0 Å². The van der Waals surface area contributed by atoms with Gasteiger partial charge in [0.25, 0.3) is 0 Å². The summed E-state index contributed by atoms with van der Waals surface area (Å²) in [4.78, 5) is 13.5. The second-order valence-corrected chi connectivity index (χ2v) is 4.74. The molecule has 0 aliphatic heterocycles. The lowest BCUT2D eigenvalue weighted by atomic mass is 10.1. The molecule has 1 aromatic carbocycles. The van der Waals surface area contributed by atoms with Crippen LogP contribution in [-0.4, -0.2) is 41.5 Å². The number of amidine groups is 1. The zero-order chi connectivity index (χ0) is 16.0. The first kappa shape index (κ1) is 16.9. The Bertz CT molecular complexity index is 534. The molecule has 1 unspecified atom stereocenters. The first-order chi connectivity index (χ1) is 9.90. The maximum absolute atomic E-state index is 13.2. The summed E-state index contributed by atoms with van der Waals surface area (Å²) in [6.07, 6.45) is 0. The molecule has 0 saturated heterocycles. The van der Waals surface area contributed by atoms with Crippen molar-refractivity contribution < 1.29 is 14.4 Å². The van der Waals surface area contributed by atoms with Crippen LogP contribution in [0.2, 0.25) is 0 Å². The normalized spacial score (nSPS) is 13.0. The Morgan fingerprint density at radius 3 is 2.81 bits per heavy atom. The predicted molar refractivity (Wildman–Crippen MR) is 78.5 cm³/mol. The maximum atomic E-state index is 13.2. The molecule has 4 N–H and O–H groups in total. The van der Waals surface area contributed by atoms with Crippen LogP contribution in [-0.2, 0) is 11.3 Å². The number of benzene rings is 1. The first-order valence-corrected chi connectivity index (χ1v) is 6.65. The second-order valence-electron chi connectivity index (χ2n) is 4.74. The van der Waals surface area contributed by atoms with Crippen molar-refractivity contribution in [3.63, 3.8) is 0 Å². The van der Waals surface area contributed by atoms with E-state index >= 15 is 0 Å². The van der Waals surface area contributed by atoms with Crippen LogP contribution in [0.25, 0.3) is 0 Å². The van der Waals surface area contributed by atoms with Crippen molar-refractivity contribution >= 4 is 11.7 Å². The second kappa shape index (κ2) is 7.58. The summed E-state index contributed by atoms with van der Waals surface area (Å²) < 4.78 is 13.2. The van der Waals surface area contributed by atoms with Gasteiger partial charge >= 0.3 is 0 Å². The molecule has 1 amide bonds. The van der Waals surface area contributed by atoms with E-state index in [4.69, 9.17) is 10.9 Å². The van der Waals surface area contributed by atoms with E-state index in [0.29, 0.717) is 24.2 Å². The minimum atomic E-state index is -0.477. The minimum Gasteiger partial charge on any atom is -0.409 e. The molecular formula is C14H21FN4O2. The van der Waals surface area contributed by atoms with Gasteiger partial charge < -0.3 is 21.2 Å². The fraction of sp³-hybridized carbons (Fsp3) is 0.429. The van der Waals surface area contributed by atoms with E-state index in [1.54, 1.807) is 18.9 Å². The van der Waals surface area contributed by atoms with Gasteiger partial charge in [-0.3, -0.25) is 4.79 Å². The molecule has 0 fully saturated rings. The number of amides is 1. The molecule has 1 rings (SSSR count). The highest BCUT2D eigenvalue weighted by Crippen LogP contribution is 2.11. The molecule has 6 nitrogen and oxygen atoms in total. The van der Waals surface area contributed by atoms with E-state index in [-0.39, 0.29) is 17.8 Å². The summed E-state index contributed by atoms with van der Waals surface area (Å²) in [7, 11) is 1.72. The Hall–Kier alpha value is -2.15. The predicted octanol–water partition coefficient (Wildman–Crippen LogP) is 0.877. The Kier molecular flexibility index (Phi) is 6.10. The molecular weight excluding hydrogens is 275 g/mol. The summed E-state index contributed by atoms with van der Waals surface area (Å²) in [5.41, 5.74) is 6.47. The number of carbonyl (C=O) groups is 1. The van der Waals surface area contributed by atoms with Gasteiger partial charge in [0.05, 0.1) is 6.04 Å². The number of likely N-dealkylation sites (N-methyl/N-ethyl adjacent to an activating group) is 1. The van der Waals surface area contributed by atoms with Crippen molar-refractivity contribution in [2.75, 3.05) is 13.6 Å². The van der Waals surface area contributed by atoms with Crippen molar-refractivity contribution in [3.05, 3.63) is 35.1 Å². The van der Waals surface area contributed by atoms with E-state index in [1.807, 2.05) is 6.92 Å². The average molecular weight is 296 g/mol. The van der Waals surface area contributed by atoms with E-state index < -0.39 is 5.82 Å². The number of oxime groups is 1. The number of halogens is 1. The van der Waals surface area contributed by atoms with Crippen molar-refractivity contribution in [2.45, 2.75) is 26.4 Å². The van der Waals surface area contributed by atoms with Crippen LogP contribution in [0.1, 0.15) is 25.0 Å². The number of rotatable bonds is 6. The van der Waals surface area contributed by atoms with Crippen LogP contribution < -0.4 is 11.1 Å². The fourth-order valence-electron chi connectivity index (χ4n) is 1.83. The standard InChI is InChI=1S/C14H21FN4O2/c1-4-19(3)14(20)9(2)17-8-10-5-6-11(15)7-12(10)13(16)18-21/h5-7,9,17,21H,4,8H2,1-3H3,(H2,16,18). The highest BCUT2D eigenvalue weighted by molar-refractivity contribution is 5.98. The summed E-state index contributed by atoms with van der Waals surface area (Å²) >= 11 is 0. The quantitative estimate of drug-likeness (QED) is 0.314. The first-order valence-electron chi connectivity index (χ1n) is 6.65. The molecule has 0 radical (unpaired) electrons. The molecule has 1 aromatic rings. The Morgan fingerprint density at radius 1 is 1.57 bits per heavy atom. The lowest BCUT2D eigenvalue weighted by Gasteiger charge is -2.21. The van der Waals surface area contributed by atoms with Gasteiger partial charge in [0, 0.05) is 25.7 Å². The average Bonchev–Trinajstić information content (AvgIpc) is 2.50. The van der Waals surface area contributed by atoms with Crippen LogP contribution in [0.3, 0.4) is 0 Å². The van der Waals surface area contributed by atoms with Gasteiger partial charge in [0.1, 0.15) is 5.82 Å². The summed E-state index contributed by atoms with van der Waals surface area (Å²) in [5, 5.41) is 14.7. The largest absolute Gasteiger partial charge is 0.409 e. The maximum Gasteiger partial charge on any atom is 0.239 e. The number of hydrogen-bond acceptors (Lipinski definition) is 4. The summed E-state index contributed by atoms with van der Waals surface area (Å²) in [6, 6.07) is 3.63. The fourth-order valence-corrected chi connectivity index (χ4v) is 1.83. The van der Waals surface area contributed by atoms with Gasteiger partial charge in [0.15, 0.2) is 5.84 Å². The molecule has 0 aromatic heterocycles. The third-order valence-corrected chi connectivity index (χ3v) is 3.28. The van der Waals surface area contributed by atoms with E-state index in [9.17, 15) is 9.18 Å². The third-order valence-electron chi connectivity index (χ3n) is 3.28. The van der Waals surface area contributed by atoms with Crippen LogP contribution in [0.15, 0.2) is 23.4 Å². The van der Waals surface area contributed by atoms with Crippen molar-refractivity contribution in [3.8, 4) is 0 Å². The Labute approximate surface area is 123 Å². The van der Waals surface area contributed by atoms with Gasteiger partial charge in [-0.15, -0.1) is 0 Å². The zero-order valence-electron chi connectivity index (χ0n) is 12.4. The molecule has 0 aliphatic rings. The number of nitrogens with one attached hydrogen (secondary N) is 1. The Morgan fingerprint density at radius 2 is 2.24 bits per heavy atom. The van der Waals surface area contributed by atoms with Gasteiger partial charge in [-0.25, -0.2) is 4.39 Å². The molecule has 21 heavy (non-hydrogen) atoms. The zero-order valence-corrected chi connectivity index (χ0v) is 12.4. The molecule has 0 spiro atoms. The van der Waals surface area contributed by atoms with Gasteiger partial charge in [-0.05, 0) is 31.5 Å². The molecule has 0 bridgehead atoms. The molecule has 7 heteroatoms. The van der Waals surface area contributed by atoms with Crippen molar-refractivity contribution in [2.24, 2.45) is 10.9 Å². The summed E-state index contributed by atoms with van der Waals surface area (Å²) in [6.45, 7) is 4.56. The van der Waals surface area contributed by atoms with Crippen LogP contribution >= 0.6 is 0 Å². The van der Waals surface area contributed by atoms with Crippen LogP contribution in [0, 0.1) is 5.82 Å². The Balaban J connectivity index is 2.82. The van der Waals surface area contributed by atoms with E-state index in [2.05, 4.69) is 10.5 Å². The van der Waals surface area contributed by atoms with Crippen molar-refractivity contribution in [1.82, 2.24) is 10.2 Å². The number of nitrogens with zero attached hydrogens (tertiary/aromatic N) is 2. The number of hydrogen-bond donors (Lipinski definition) is 3. The molecule has 0 heterocycles. The number of carbonyl (C=O) groups excluding carboxylic acids is 1. The van der Waals surface area contributed by atoms with E-state index in [0.717, 1.165) is 0 Å². The monoisotopic (exact) mass is 296 g/mol. The SMILES string of the molecule is CCN(C)C(=O)C(C)NCc1ccc(F)cc1/C(N)=N/O. The number of nitrogens with two attached hydrogens (primary N) is 1. The smallest absolute Gasteiger partial charge is 0.239 e. The van der Waals surface area contributed by atoms with Gasteiger partial charge in [0.2, 0.25) is 5.91 Å². The molecule has 116 valence electrons. The lowest BCUT2D eigenvalue weighted by molar-refractivity contribution is -0.131. The van der Waals surface area contributed by atoms with E-state index in [1.165, 1.54) is 18.2 Å². The molecule has 1 atom stereocenters. The summed E-state index contributed by atoms with van der Waals surface area (Å²) in [5.74, 6) is -0.684. The molecule has 0 saturated carbocycles. The van der Waals surface area contributed by atoms with Gasteiger partial charge in [-0.2, -0.15) is 0 Å². The topological polar surface area (TPSA) is 91.0 Å². The lowest BCUT2D eigenvalue weighted by Crippen LogP contribution is -2.42.